The summed E-state index contributed by atoms with van der Waals surface area (Å²) in [5.74, 6) is 0.954. The van der Waals surface area contributed by atoms with E-state index < -0.39 is 0 Å². The number of hydrogen-bond donors (Lipinski definition) is 1. The van der Waals surface area contributed by atoms with Gasteiger partial charge in [-0.05, 0) is 36.6 Å². The summed E-state index contributed by atoms with van der Waals surface area (Å²) in [4.78, 5) is 0. The van der Waals surface area contributed by atoms with E-state index in [0.717, 1.165) is 18.9 Å². The van der Waals surface area contributed by atoms with E-state index in [9.17, 15) is 0 Å². The van der Waals surface area contributed by atoms with Gasteiger partial charge in [-0.2, -0.15) is 0 Å². The molecular weight excluding hydrogens is 282 g/mol. The zero-order valence-corrected chi connectivity index (χ0v) is 14.9. The van der Waals surface area contributed by atoms with Gasteiger partial charge in [-0.15, -0.1) is 0 Å². The van der Waals surface area contributed by atoms with Crippen molar-refractivity contribution >= 4 is 0 Å². The second-order valence-corrected chi connectivity index (χ2v) is 6.77. The maximum Gasteiger partial charge on any atom is 0.137 e. The zero-order valence-electron chi connectivity index (χ0n) is 14.9. The lowest BCUT2D eigenvalue weighted by molar-refractivity contribution is -0.686. The van der Waals surface area contributed by atoms with E-state index in [1.165, 1.54) is 17.5 Å². The molecule has 0 aliphatic heterocycles. The summed E-state index contributed by atoms with van der Waals surface area (Å²) in [6.45, 7) is 10.8. The van der Waals surface area contributed by atoms with E-state index in [0.29, 0.717) is 6.04 Å². The van der Waals surface area contributed by atoms with Crippen LogP contribution in [0.15, 0.2) is 54.6 Å². The standard InChI is InChI=1S/C21H29NO/c1-5-17(2)22-15-16-23-20-13-11-19(12-14-20)21(3,4)18-9-7-6-8-10-18/h6-14,17,22H,5,15-16H2,1-4H3/p+1/t17-/m1/s1. The molecule has 124 valence electrons. The fourth-order valence-electron chi connectivity index (χ4n) is 2.69. The molecule has 0 saturated heterocycles. The average Bonchev–Trinajstić information content (AvgIpc) is 2.59. The van der Waals surface area contributed by atoms with E-state index in [1.54, 1.807) is 0 Å². The van der Waals surface area contributed by atoms with Gasteiger partial charge < -0.3 is 10.1 Å². The highest BCUT2D eigenvalue weighted by Gasteiger charge is 2.22. The van der Waals surface area contributed by atoms with Gasteiger partial charge in [0.15, 0.2) is 0 Å². The van der Waals surface area contributed by atoms with Crippen LogP contribution in [0.25, 0.3) is 0 Å². The summed E-state index contributed by atoms with van der Waals surface area (Å²) < 4.78 is 5.84. The van der Waals surface area contributed by atoms with E-state index in [-0.39, 0.29) is 5.41 Å². The molecule has 2 aromatic carbocycles. The first-order valence-corrected chi connectivity index (χ1v) is 8.66. The predicted octanol–water partition coefficient (Wildman–Crippen LogP) is 3.75. The number of hydrogen-bond acceptors (Lipinski definition) is 1. The van der Waals surface area contributed by atoms with Crippen molar-refractivity contribution in [2.45, 2.75) is 45.6 Å². The quantitative estimate of drug-likeness (QED) is 0.738. The Hall–Kier alpha value is -1.80. The molecule has 2 aromatic rings. The first-order chi connectivity index (χ1) is 11.0. The van der Waals surface area contributed by atoms with Crippen molar-refractivity contribution < 1.29 is 10.1 Å². The maximum absolute atomic E-state index is 5.84. The second-order valence-electron chi connectivity index (χ2n) is 6.77. The van der Waals surface area contributed by atoms with Crippen molar-refractivity contribution in [3.63, 3.8) is 0 Å². The topological polar surface area (TPSA) is 25.8 Å². The summed E-state index contributed by atoms with van der Waals surface area (Å²) in [5.41, 5.74) is 2.64. The Morgan fingerprint density at radius 2 is 1.57 bits per heavy atom. The van der Waals surface area contributed by atoms with Crippen molar-refractivity contribution in [2.75, 3.05) is 13.2 Å². The third-order valence-corrected chi connectivity index (χ3v) is 4.67. The molecule has 0 unspecified atom stereocenters. The van der Waals surface area contributed by atoms with Gasteiger partial charge in [0.25, 0.3) is 0 Å². The molecule has 0 aromatic heterocycles. The molecule has 0 heterocycles. The van der Waals surface area contributed by atoms with Crippen LogP contribution in [0.5, 0.6) is 5.75 Å². The minimum absolute atomic E-state index is 0.00409. The molecule has 2 N–H and O–H groups in total. The molecule has 0 fully saturated rings. The largest absolute Gasteiger partial charge is 0.488 e. The molecule has 2 heteroatoms. The number of nitrogens with two attached hydrogens (primary N) is 1. The highest BCUT2D eigenvalue weighted by atomic mass is 16.5. The van der Waals surface area contributed by atoms with Crippen LogP contribution in [0, 0.1) is 0 Å². The van der Waals surface area contributed by atoms with Gasteiger partial charge in [-0.25, -0.2) is 0 Å². The monoisotopic (exact) mass is 312 g/mol. The summed E-state index contributed by atoms with van der Waals surface area (Å²) in [6, 6.07) is 19.9. The molecule has 0 aliphatic carbocycles. The Balaban J connectivity index is 1.94. The minimum atomic E-state index is 0.00409. The molecule has 0 bridgehead atoms. The van der Waals surface area contributed by atoms with Crippen LogP contribution in [-0.4, -0.2) is 19.2 Å². The smallest absolute Gasteiger partial charge is 0.137 e. The van der Waals surface area contributed by atoms with Crippen molar-refractivity contribution in [1.29, 1.82) is 0 Å². The Kier molecular flexibility index (Phi) is 6.23. The molecular formula is C21H30NO+. The summed E-state index contributed by atoms with van der Waals surface area (Å²) in [7, 11) is 0. The summed E-state index contributed by atoms with van der Waals surface area (Å²) in [5, 5.41) is 2.34. The highest BCUT2D eigenvalue weighted by molar-refractivity contribution is 5.39. The Morgan fingerprint density at radius 1 is 0.957 bits per heavy atom. The zero-order chi connectivity index (χ0) is 16.7. The highest BCUT2D eigenvalue weighted by Crippen LogP contribution is 2.32. The summed E-state index contributed by atoms with van der Waals surface area (Å²) >= 11 is 0. The number of ether oxygens (including phenoxy) is 1. The van der Waals surface area contributed by atoms with Gasteiger partial charge >= 0.3 is 0 Å². The fraction of sp³-hybridized carbons (Fsp3) is 0.429. The fourth-order valence-corrected chi connectivity index (χ4v) is 2.69. The summed E-state index contributed by atoms with van der Waals surface area (Å²) in [6.07, 6.45) is 1.20. The third-order valence-electron chi connectivity index (χ3n) is 4.67. The van der Waals surface area contributed by atoms with Crippen LogP contribution in [0.4, 0.5) is 0 Å². The Bertz CT molecular complexity index is 575. The maximum atomic E-state index is 5.84. The second kappa shape index (κ2) is 8.16. The van der Waals surface area contributed by atoms with E-state index in [4.69, 9.17) is 4.74 Å². The minimum Gasteiger partial charge on any atom is -0.488 e. The van der Waals surface area contributed by atoms with Crippen LogP contribution in [0.1, 0.15) is 45.2 Å². The lowest BCUT2D eigenvalue weighted by Crippen LogP contribution is -2.90. The van der Waals surface area contributed by atoms with Gasteiger partial charge in [-0.1, -0.05) is 63.2 Å². The number of quaternary nitrogens is 1. The van der Waals surface area contributed by atoms with Crippen LogP contribution in [0.3, 0.4) is 0 Å². The van der Waals surface area contributed by atoms with Crippen molar-refractivity contribution in [3.05, 3.63) is 65.7 Å². The molecule has 0 saturated carbocycles. The van der Waals surface area contributed by atoms with Gasteiger partial charge in [0, 0.05) is 5.41 Å². The SMILES string of the molecule is CC[C@@H](C)[NH2+]CCOc1ccc(C(C)(C)c2ccccc2)cc1. The van der Waals surface area contributed by atoms with E-state index in [1.807, 2.05) is 0 Å². The lowest BCUT2D eigenvalue weighted by atomic mass is 9.78. The molecule has 0 spiro atoms. The first kappa shape index (κ1) is 17.6. The third kappa shape index (κ3) is 4.84. The molecule has 2 rings (SSSR count). The van der Waals surface area contributed by atoms with Crippen molar-refractivity contribution in [2.24, 2.45) is 0 Å². The Labute approximate surface area is 140 Å². The number of benzene rings is 2. The molecule has 0 aliphatic rings. The predicted molar refractivity (Wildman–Crippen MR) is 97.1 cm³/mol. The molecule has 23 heavy (non-hydrogen) atoms. The van der Waals surface area contributed by atoms with E-state index >= 15 is 0 Å². The van der Waals surface area contributed by atoms with Crippen molar-refractivity contribution in [1.82, 2.24) is 0 Å². The molecule has 0 amide bonds. The van der Waals surface area contributed by atoms with Crippen LogP contribution in [-0.2, 0) is 5.41 Å². The van der Waals surface area contributed by atoms with Gasteiger partial charge in [0.05, 0.1) is 6.04 Å². The molecule has 2 nitrogen and oxygen atoms in total. The van der Waals surface area contributed by atoms with Crippen LogP contribution >= 0.6 is 0 Å². The average molecular weight is 312 g/mol. The van der Waals surface area contributed by atoms with Gasteiger partial charge in [-0.3, -0.25) is 0 Å². The molecule has 1 atom stereocenters. The van der Waals surface area contributed by atoms with Crippen LogP contribution < -0.4 is 10.1 Å². The first-order valence-electron chi connectivity index (χ1n) is 8.66. The normalized spacial score (nSPS) is 12.9. The van der Waals surface area contributed by atoms with Crippen LogP contribution in [0.2, 0.25) is 0 Å². The van der Waals surface area contributed by atoms with Crippen molar-refractivity contribution in [3.8, 4) is 5.75 Å². The van der Waals surface area contributed by atoms with Gasteiger partial charge in [0.1, 0.15) is 18.9 Å². The molecule has 0 radical (unpaired) electrons. The lowest BCUT2D eigenvalue weighted by Gasteiger charge is -2.26. The van der Waals surface area contributed by atoms with Gasteiger partial charge in [0.2, 0.25) is 0 Å². The van der Waals surface area contributed by atoms with E-state index in [2.05, 4.69) is 87.6 Å². The Morgan fingerprint density at radius 3 is 2.17 bits per heavy atom. The number of rotatable bonds is 8.